The zero-order valence-electron chi connectivity index (χ0n) is 22.2. The molecule has 0 bridgehead atoms. The van der Waals surface area contributed by atoms with Crippen LogP contribution in [-0.4, -0.2) is 35.9 Å². The van der Waals surface area contributed by atoms with Gasteiger partial charge in [0.25, 0.3) is 5.91 Å². The molecule has 3 aromatic carbocycles. The minimum Gasteiger partial charge on any atom is -0.484 e. The van der Waals surface area contributed by atoms with Crippen molar-refractivity contribution in [3.8, 4) is 5.75 Å². The molecule has 0 aliphatic carbocycles. The summed E-state index contributed by atoms with van der Waals surface area (Å²) in [6, 6.07) is 24.7. The van der Waals surface area contributed by atoms with Gasteiger partial charge in [-0.25, -0.2) is 0 Å². The molecule has 0 aliphatic heterocycles. The van der Waals surface area contributed by atoms with Crippen molar-refractivity contribution in [1.29, 1.82) is 0 Å². The lowest BCUT2D eigenvalue weighted by Gasteiger charge is -2.31. The maximum atomic E-state index is 13.7. The van der Waals surface area contributed by atoms with E-state index in [1.165, 1.54) is 5.56 Å². The van der Waals surface area contributed by atoms with Gasteiger partial charge in [-0.3, -0.25) is 9.59 Å². The Kier molecular flexibility index (Phi) is 10.3. The molecule has 2 amide bonds. The summed E-state index contributed by atoms with van der Waals surface area (Å²) in [5.41, 5.74) is 3.15. The van der Waals surface area contributed by atoms with Crippen molar-refractivity contribution >= 4 is 27.7 Å². The van der Waals surface area contributed by atoms with Crippen LogP contribution >= 0.6 is 15.9 Å². The van der Waals surface area contributed by atoms with E-state index in [1.54, 1.807) is 4.90 Å². The highest BCUT2D eigenvalue weighted by Gasteiger charge is 2.30. The number of nitrogens with zero attached hydrogens (tertiary/aromatic N) is 1. The van der Waals surface area contributed by atoms with Gasteiger partial charge in [0.15, 0.2) is 6.61 Å². The van der Waals surface area contributed by atoms with Gasteiger partial charge in [0, 0.05) is 24.0 Å². The summed E-state index contributed by atoms with van der Waals surface area (Å²) in [6.07, 6.45) is 1.23. The Morgan fingerprint density at radius 3 is 2.24 bits per heavy atom. The van der Waals surface area contributed by atoms with Crippen molar-refractivity contribution < 1.29 is 14.3 Å². The minimum absolute atomic E-state index is 0.0333. The predicted octanol–water partition coefficient (Wildman–Crippen LogP) is 6.29. The zero-order valence-corrected chi connectivity index (χ0v) is 23.8. The first kappa shape index (κ1) is 28.5. The second kappa shape index (κ2) is 13.4. The first-order valence-electron chi connectivity index (χ1n) is 12.8. The molecule has 0 radical (unpaired) electrons. The van der Waals surface area contributed by atoms with Gasteiger partial charge in [-0.05, 0) is 52.8 Å². The third-order valence-corrected chi connectivity index (χ3v) is 6.64. The largest absolute Gasteiger partial charge is 0.484 e. The molecule has 0 aromatic heterocycles. The molecule has 196 valence electrons. The van der Waals surface area contributed by atoms with E-state index in [0.717, 1.165) is 22.0 Å². The number of rotatable bonds is 11. The van der Waals surface area contributed by atoms with Gasteiger partial charge < -0.3 is 15.0 Å². The molecule has 3 rings (SSSR count). The van der Waals surface area contributed by atoms with Crippen LogP contribution in [0.3, 0.4) is 0 Å². The molecular weight excluding hydrogens is 528 g/mol. The Hall–Kier alpha value is -3.12. The normalized spacial score (nSPS) is 12.0. The second-order valence-corrected chi connectivity index (χ2v) is 11.1. The smallest absolute Gasteiger partial charge is 0.261 e. The van der Waals surface area contributed by atoms with Crippen LogP contribution in [0.25, 0.3) is 0 Å². The van der Waals surface area contributed by atoms with E-state index < -0.39 is 6.04 Å². The minimum atomic E-state index is -0.674. The number of hydrogen-bond acceptors (Lipinski definition) is 3. The highest BCUT2D eigenvalue weighted by molar-refractivity contribution is 9.10. The van der Waals surface area contributed by atoms with E-state index in [4.69, 9.17) is 4.74 Å². The predicted molar refractivity (Wildman–Crippen MR) is 153 cm³/mol. The van der Waals surface area contributed by atoms with Crippen LogP contribution in [0.1, 0.15) is 50.8 Å². The van der Waals surface area contributed by atoms with Crippen molar-refractivity contribution in [2.75, 3.05) is 13.2 Å². The monoisotopic (exact) mass is 564 g/mol. The molecule has 3 aromatic rings. The Balaban J connectivity index is 1.86. The summed E-state index contributed by atoms with van der Waals surface area (Å²) in [5.74, 6) is 0.217. The maximum absolute atomic E-state index is 13.7. The number of hydrogen-bond donors (Lipinski definition) is 1. The molecule has 0 fully saturated rings. The van der Waals surface area contributed by atoms with Crippen LogP contribution in [0.5, 0.6) is 5.75 Å². The fourth-order valence-electron chi connectivity index (χ4n) is 4.03. The lowest BCUT2D eigenvalue weighted by molar-refractivity contribution is -0.142. The molecular formula is C31H37BrN2O3. The number of carbonyl (C=O) groups is 2. The Bertz CT molecular complexity index is 1160. The van der Waals surface area contributed by atoms with E-state index in [2.05, 4.69) is 42.0 Å². The molecule has 0 aliphatic rings. The number of carbonyl (C=O) groups excluding carboxylic acids is 2. The highest BCUT2D eigenvalue weighted by atomic mass is 79.9. The molecule has 0 saturated heterocycles. The summed E-state index contributed by atoms with van der Waals surface area (Å²) in [5, 5.41) is 3.00. The number of amides is 2. The first-order valence-corrected chi connectivity index (χ1v) is 13.6. The molecule has 0 heterocycles. The van der Waals surface area contributed by atoms with E-state index in [9.17, 15) is 9.59 Å². The molecule has 1 atom stereocenters. The van der Waals surface area contributed by atoms with Crippen LogP contribution in [-0.2, 0) is 28.0 Å². The lowest BCUT2D eigenvalue weighted by atomic mass is 9.87. The van der Waals surface area contributed by atoms with E-state index in [0.29, 0.717) is 25.3 Å². The van der Waals surface area contributed by atoms with Crippen LogP contribution in [0.15, 0.2) is 83.3 Å². The number of halogens is 1. The Morgan fingerprint density at radius 1 is 0.946 bits per heavy atom. The molecule has 5 nitrogen and oxygen atoms in total. The standard InChI is InChI=1S/C31H37BrN2O3/c1-5-18-33-30(36)28(20-23-10-7-6-8-11-23)34(21-24-12-9-13-26(32)19-24)29(35)22-37-27-16-14-25(15-17-27)31(2,3)4/h6-17,19,28H,5,18,20-22H2,1-4H3,(H,33,36)/t28-/m1/s1. The van der Waals surface area contributed by atoms with Crippen LogP contribution in [0.4, 0.5) is 0 Å². The van der Waals surface area contributed by atoms with Gasteiger partial charge in [0.2, 0.25) is 5.91 Å². The maximum Gasteiger partial charge on any atom is 0.261 e. The van der Waals surface area contributed by atoms with Gasteiger partial charge in [-0.15, -0.1) is 0 Å². The van der Waals surface area contributed by atoms with Crippen LogP contribution in [0, 0.1) is 0 Å². The summed E-state index contributed by atoms with van der Waals surface area (Å²) in [6.45, 7) is 9.17. The molecule has 37 heavy (non-hydrogen) atoms. The molecule has 0 spiro atoms. The van der Waals surface area contributed by atoms with E-state index >= 15 is 0 Å². The van der Waals surface area contributed by atoms with Crippen molar-refractivity contribution in [2.24, 2.45) is 0 Å². The van der Waals surface area contributed by atoms with Crippen molar-refractivity contribution in [1.82, 2.24) is 10.2 Å². The van der Waals surface area contributed by atoms with Crippen molar-refractivity contribution in [2.45, 2.75) is 58.5 Å². The Morgan fingerprint density at radius 2 is 1.62 bits per heavy atom. The third-order valence-electron chi connectivity index (χ3n) is 6.14. The average molecular weight is 566 g/mol. The molecule has 0 unspecified atom stereocenters. The number of benzene rings is 3. The quantitative estimate of drug-likeness (QED) is 0.297. The topological polar surface area (TPSA) is 58.6 Å². The third kappa shape index (κ3) is 8.74. The molecule has 6 heteroatoms. The number of nitrogens with one attached hydrogen (secondary N) is 1. The molecule has 1 N–H and O–H groups in total. The zero-order chi connectivity index (χ0) is 26.8. The SMILES string of the molecule is CCCNC(=O)[C@@H](Cc1ccccc1)N(Cc1cccc(Br)c1)C(=O)COc1ccc(C(C)(C)C)cc1. The van der Waals surface area contributed by atoms with Gasteiger partial charge in [-0.2, -0.15) is 0 Å². The van der Waals surface area contributed by atoms with Gasteiger partial charge in [0.05, 0.1) is 0 Å². The van der Waals surface area contributed by atoms with Gasteiger partial charge >= 0.3 is 0 Å². The van der Waals surface area contributed by atoms with E-state index in [-0.39, 0.29) is 23.8 Å². The fourth-order valence-corrected chi connectivity index (χ4v) is 4.48. The van der Waals surface area contributed by atoms with Gasteiger partial charge in [-0.1, -0.05) is 98.2 Å². The second-order valence-electron chi connectivity index (χ2n) is 10.2. The lowest BCUT2D eigenvalue weighted by Crippen LogP contribution is -2.51. The average Bonchev–Trinajstić information content (AvgIpc) is 2.88. The Labute approximate surface area is 229 Å². The first-order chi connectivity index (χ1) is 17.7. The number of ether oxygens (including phenoxy) is 1. The highest BCUT2D eigenvalue weighted by Crippen LogP contribution is 2.24. The van der Waals surface area contributed by atoms with Crippen molar-refractivity contribution in [3.63, 3.8) is 0 Å². The van der Waals surface area contributed by atoms with E-state index in [1.807, 2.05) is 85.8 Å². The van der Waals surface area contributed by atoms with Crippen LogP contribution in [0.2, 0.25) is 0 Å². The summed E-state index contributed by atoms with van der Waals surface area (Å²) in [4.78, 5) is 28.7. The summed E-state index contributed by atoms with van der Waals surface area (Å²) >= 11 is 3.52. The van der Waals surface area contributed by atoms with Crippen molar-refractivity contribution in [3.05, 3.63) is 100 Å². The summed E-state index contributed by atoms with van der Waals surface area (Å²) in [7, 11) is 0. The molecule has 0 saturated carbocycles. The summed E-state index contributed by atoms with van der Waals surface area (Å²) < 4.78 is 6.83. The van der Waals surface area contributed by atoms with Gasteiger partial charge in [0.1, 0.15) is 11.8 Å². The van der Waals surface area contributed by atoms with Crippen LogP contribution < -0.4 is 10.1 Å². The fraction of sp³-hybridized carbons (Fsp3) is 0.355.